The summed E-state index contributed by atoms with van der Waals surface area (Å²) in [5.41, 5.74) is 3.03. The number of para-hydroxylation sites is 2. The fourth-order valence-corrected chi connectivity index (χ4v) is 9.11. The molecule has 2 saturated heterocycles. The molecule has 3 heterocycles. The molecule has 4 bridgehead atoms. The number of aliphatic hydroxyl groups excluding tert-OH is 1. The van der Waals surface area contributed by atoms with E-state index in [1.54, 1.807) is 13.1 Å². The van der Waals surface area contributed by atoms with Crippen molar-refractivity contribution >= 4 is 28.8 Å². The third kappa shape index (κ3) is 5.78. The first-order chi connectivity index (χ1) is 21.1. The molecule has 1 aromatic carbocycles. The van der Waals surface area contributed by atoms with Gasteiger partial charge in [0.2, 0.25) is 0 Å². The summed E-state index contributed by atoms with van der Waals surface area (Å²) >= 11 is 0. The largest absolute Gasteiger partial charge is 0.461 e. The van der Waals surface area contributed by atoms with Crippen LogP contribution in [0.4, 0.5) is 11.4 Å². The molecule has 0 aromatic heterocycles. The molecule has 4 fully saturated rings. The lowest BCUT2D eigenvalue weighted by Gasteiger charge is -2.51. The minimum absolute atomic E-state index is 0.0783. The Bertz CT molecular complexity index is 1330. The first-order valence-electron chi connectivity index (χ1n) is 16.8. The highest BCUT2D eigenvalue weighted by Crippen LogP contribution is 2.48. The topological polar surface area (TPSA) is 77.7 Å². The highest BCUT2D eigenvalue weighted by Gasteiger charge is 2.49. The van der Waals surface area contributed by atoms with E-state index in [-0.39, 0.29) is 24.1 Å². The summed E-state index contributed by atoms with van der Waals surface area (Å²) in [6, 6.07) is 9.98. The normalized spacial score (nSPS) is 35.0. The van der Waals surface area contributed by atoms with E-state index in [2.05, 4.69) is 26.9 Å². The quantitative estimate of drug-likeness (QED) is 0.300. The third-order valence-corrected chi connectivity index (χ3v) is 10.8. The molecule has 7 heteroatoms. The van der Waals surface area contributed by atoms with E-state index in [0.29, 0.717) is 12.1 Å². The number of anilines is 1. The lowest BCUT2D eigenvalue weighted by atomic mass is 9.76. The summed E-state index contributed by atoms with van der Waals surface area (Å²) in [5, 5.41) is 12.0. The molecule has 43 heavy (non-hydrogen) atoms. The van der Waals surface area contributed by atoms with Crippen LogP contribution in [-0.4, -0.2) is 64.4 Å². The third-order valence-electron chi connectivity index (χ3n) is 10.8. The number of fused-ring (bicyclic) bond motifs is 5. The van der Waals surface area contributed by atoms with Gasteiger partial charge in [0.05, 0.1) is 18.0 Å². The van der Waals surface area contributed by atoms with E-state index in [9.17, 15) is 9.90 Å². The van der Waals surface area contributed by atoms with Crippen LogP contribution in [0.5, 0.6) is 0 Å². The lowest BCUT2D eigenvalue weighted by molar-refractivity contribution is -0.134. The average Bonchev–Trinajstić information content (AvgIpc) is 3.17. The van der Waals surface area contributed by atoms with Gasteiger partial charge in [0.15, 0.2) is 11.9 Å². The second kappa shape index (κ2) is 12.5. The summed E-state index contributed by atoms with van der Waals surface area (Å²) in [4.78, 5) is 27.8. The van der Waals surface area contributed by atoms with Crippen molar-refractivity contribution in [3.63, 3.8) is 0 Å². The zero-order chi connectivity index (χ0) is 29.3. The first-order valence-corrected chi connectivity index (χ1v) is 16.8. The molecule has 0 amide bonds. The highest BCUT2D eigenvalue weighted by atomic mass is 16.5. The molecule has 6 aliphatic rings. The number of benzene rings is 1. The Morgan fingerprint density at radius 3 is 2.42 bits per heavy atom. The maximum absolute atomic E-state index is 13.3. The molecule has 1 N–H and O–H groups in total. The molecule has 5 unspecified atom stereocenters. The van der Waals surface area contributed by atoms with Crippen molar-refractivity contribution in [3.05, 3.63) is 60.3 Å². The van der Waals surface area contributed by atoms with Gasteiger partial charge in [0, 0.05) is 30.4 Å². The number of aliphatic hydroxyl groups is 1. The second-order valence-corrected chi connectivity index (χ2v) is 13.5. The van der Waals surface area contributed by atoms with Crippen molar-refractivity contribution in [2.75, 3.05) is 11.5 Å². The number of hydrogen-bond acceptors (Lipinski definition) is 7. The van der Waals surface area contributed by atoms with Crippen LogP contribution in [0.2, 0.25) is 0 Å². The fourth-order valence-electron chi connectivity index (χ4n) is 9.11. The minimum atomic E-state index is -1.08. The molecule has 7 rings (SSSR count). The van der Waals surface area contributed by atoms with E-state index in [0.717, 1.165) is 54.1 Å². The molecular weight excluding hydrogens is 536 g/mol. The van der Waals surface area contributed by atoms with Gasteiger partial charge in [-0.05, 0) is 87.8 Å². The highest BCUT2D eigenvalue weighted by molar-refractivity contribution is 6.67. The molecule has 2 saturated carbocycles. The van der Waals surface area contributed by atoms with Gasteiger partial charge < -0.3 is 14.7 Å². The number of carbonyl (C=O) groups excluding carboxylic acids is 1. The zero-order valence-corrected chi connectivity index (χ0v) is 25.5. The standard InChI is InChI=1S/C36H46N4O3/c1-2-43-36(42)34(37-23-24-10-4-3-5-11-24)33-35(41)40(32-15-9-8-14-31(32)38-33)30-21-27-16-17-28(22-30)39(27)29-19-25-12-6-7-13-26(18-25)20-29/h3-5,8-10,14-15,23,25-30,35,41H,2,6-7,11-13,16-22H2,1H3. The molecule has 3 aliphatic carbocycles. The minimum Gasteiger partial charge on any atom is -0.461 e. The Kier molecular flexibility index (Phi) is 8.37. The van der Waals surface area contributed by atoms with Crippen LogP contribution in [0.3, 0.4) is 0 Å². The molecule has 3 aliphatic heterocycles. The van der Waals surface area contributed by atoms with Gasteiger partial charge in [0.25, 0.3) is 0 Å². The predicted molar refractivity (Wildman–Crippen MR) is 172 cm³/mol. The van der Waals surface area contributed by atoms with Gasteiger partial charge in [-0.25, -0.2) is 14.8 Å². The zero-order valence-electron chi connectivity index (χ0n) is 25.5. The number of aliphatic imine (C=N–C) groups is 2. The fraction of sp³-hybridized carbons (Fsp3) is 0.583. The van der Waals surface area contributed by atoms with E-state index >= 15 is 0 Å². The number of nitrogens with zero attached hydrogens (tertiary/aromatic N) is 4. The van der Waals surface area contributed by atoms with Crippen LogP contribution in [0.1, 0.15) is 84.0 Å². The second-order valence-electron chi connectivity index (χ2n) is 13.5. The number of rotatable bonds is 6. The number of piperidine rings is 1. The van der Waals surface area contributed by atoms with Crippen LogP contribution >= 0.6 is 0 Å². The van der Waals surface area contributed by atoms with Gasteiger partial charge in [-0.2, -0.15) is 0 Å². The predicted octanol–water partition coefficient (Wildman–Crippen LogP) is 6.66. The van der Waals surface area contributed by atoms with Crippen LogP contribution in [0, 0.1) is 11.8 Å². The van der Waals surface area contributed by atoms with Gasteiger partial charge in [-0.3, -0.25) is 4.90 Å². The maximum atomic E-state index is 13.3. The summed E-state index contributed by atoms with van der Waals surface area (Å²) in [6.45, 7) is 2.01. The van der Waals surface area contributed by atoms with Gasteiger partial charge in [-0.1, -0.05) is 62.1 Å². The molecular formula is C36H46N4O3. The summed E-state index contributed by atoms with van der Waals surface area (Å²) < 4.78 is 5.43. The van der Waals surface area contributed by atoms with Crippen molar-refractivity contribution in [2.24, 2.45) is 21.8 Å². The Morgan fingerprint density at radius 1 is 0.977 bits per heavy atom. The number of allylic oxidation sites excluding steroid dienone is 5. The van der Waals surface area contributed by atoms with Crippen molar-refractivity contribution in [3.8, 4) is 0 Å². The lowest BCUT2D eigenvalue weighted by Crippen LogP contribution is -2.59. The Morgan fingerprint density at radius 2 is 1.72 bits per heavy atom. The average molecular weight is 583 g/mol. The molecule has 228 valence electrons. The van der Waals surface area contributed by atoms with E-state index < -0.39 is 12.2 Å². The molecule has 5 atom stereocenters. The van der Waals surface area contributed by atoms with Gasteiger partial charge in [0.1, 0.15) is 5.71 Å². The number of ether oxygens (including phenoxy) is 1. The van der Waals surface area contributed by atoms with Crippen LogP contribution in [0.25, 0.3) is 0 Å². The maximum Gasteiger partial charge on any atom is 0.359 e. The van der Waals surface area contributed by atoms with Gasteiger partial charge in [-0.15, -0.1) is 0 Å². The van der Waals surface area contributed by atoms with E-state index in [4.69, 9.17) is 9.73 Å². The van der Waals surface area contributed by atoms with Crippen LogP contribution in [0.15, 0.2) is 70.3 Å². The monoisotopic (exact) mass is 582 g/mol. The van der Waals surface area contributed by atoms with E-state index in [1.807, 2.05) is 36.4 Å². The number of esters is 1. The smallest absolute Gasteiger partial charge is 0.359 e. The molecule has 7 nitrogen and oxygen atoms in total. The number of hydrogen-bond donors (Lipinski definition) is 1. The Labute approximate surface area is 256 Å². The molecule has 0 spiro atoms. The summed E-state index contributed by atoms with van der Waals surface area (Å²) in [6.07, 6.45) is 23.8. The molecule has 1 aromatic rings. The number of carbonyl (C=O) groups is 1. The Balaban J connectivity index is 1.17. The van der Waals surface area contributed by atoms with Crippen molar-refractivity contribution in [1.29, 1.82) is 0 Å². The SMILES string of the molecule is CCOC(=O)C(=NC=C1C=CC=CC1)C1=Nc2ccccc2N(C2CC3CCC(C2)N3C2CC3CCCCC(C3)C2)C1O. The van der Waals surface area contributed by atoms with Crippen molar-refractivity contribution in [1.82, 2.24) is 4.90 Å². The molecule has 0 radical (unpaired) electrons. The van der Waals surface area contributed by atoms with Crippen LogP contribution in [-0.2, 0) is 9.53 Å². The summed E-state index contributed by atoms with van der Waals surface area (Å²) in [7, 11) is 0. The van der Waals surface area contributed by atoms with Crippen molar-refractivity contribution in [2.45, 2.75) is 114 Å². The van der Waals surface area contributed by atoms with Gasteiger partial charge >= 0.3 is 5.97 Å². The van der Waals surface area contributed by atoms with Crippen molar-refractivity contribution < 1.29 is 14.6 Å². The van der Waals surface area contributed by atoms with Crippen LogP contribution < -0.4 is 4.90 Å². The Hall–Kier alpha value is -3.03. The first kappa shape index (κ1) is 28.7. The van der Waals surface area contributed by atoms with E-state index in [1.165, 1.54) is 57.8 Å². The summed E-state index contributed by atoms with van der Waals surface area (Å²) in [5.74, 6) is 1.27.